The normalized spacial score (nSPS) is 24.5. The number of rotatable bonds is 3. The van der Waals surface area contributed by atoms with Gasteiger partial charge in [0.2, 0.25) is 10.0 Å². The summed E-state index contributed by atoms with van der Waals surface area (Å²) in [5, 5.41) is 19.1. The molecular weight excluding hydrogens is 282 g/mol. The van der Waals surface area contributed by atoms with Crippen molar-refractivity contribution in [1.82, 2.24) is 4.31 Å². The molecule has 1 aromatic rings. The van der Waals surface area contributed by atoms with Gasteiger partial charge in [0.15, 0.2) is 0 Å². The largest absolute Gasteiger partial charge is 0.478 e. The predicted molar refractivity (Wildman–Crippen MR) is 72.0 cm³/mol. The number of sulfonamides is 1. The number of β-amino-alcohol motifs (C(OH)–C–C–N with tert-alkyl or cyclic N) is 1. The molecule has 1 atom stereocenters. The SMILES string of the molecule is CC1(O)CCCN(S(=O)(=O)c2ccccc2C(=O)O)C1. The summed E-state index contributed by atoms with van der Waals surface area (Å²) in [6, 6.07) is 5.51. The van der Waals surface area contributed by atoms with E-state index in [4.69, 9.17) is 5.11 Å². The molecule has 1 aromatic carbocycles. The van der Waals surface area contributed by atoms with Crippen molar-refractivity contribution >= 4 is 16.0 Å². The van der Waals surface area contributed by atoms with Crippen LogP contribution in [0.5, 0.6) is 0 Å². The molecular formula is C13H17NO5S. The second kappa shape index (κ2) is 5.16. The van der Waals surface area contributed by atoms with Gasteiger partial charge in [-0.05, 0) is 31.9 Å². The highest BCUT2D eigenvalue weighted by atomic mass is 32.2. The highest BCUT2D eigenvalue weighted by Gasteiger charge is 2.36. The molecule has 6 nitrogen and oxygen atoms in total. The average Bonchev–Trinajstić information content (AvgIpc) is 2.37. The van der Waals surface area contributed by atoms with E-state index < -0.39 is 21.6 Å². The second-order valence-electron chi connectivity index (χ2n) is 5.24. The third kappa shape index (κ3) is 2.84. The summed E-state index contributed by atoms with van der Waals surface area (Å²) in [4.78, 5) is 10.9. The Balaban J connectivity index is 2.43. The Morgan fingerprint density at radius 1 is 1.35 bits per heavy atom. The van der Waals surface area contributed by atoms with Crippen molar-refractivity contribution in [2.45, 2.75) is 30.3 Å². The zero-order valence-electron chi connectivity index (χ0n) is 11.1. The van der Waals surface area contributed by atoms with Gasteiger partial charge in [0.25, 0.3) is 0 Å². The lowest BCUT2D eigenvalue weighted by Gasteiger charge is -2.36. The standard InChI is InChI=1S/C13H17NO5S/c1-13(17)7-4-8-14(9-13)20(18,19)11-6-3-2-5-10(11)12(15)16/h2-3,5-6,17H,4,7-9H2,1H3,(H,15,16). The van der Waals surface area contributed by atoms with Gasteiger partial charge in [-0.25, -0.2) is 13.2 Å². The van der Waals surface area contributed by atoms with Gasteiger partial charge in [0.1, 0.15) is 0 Å². The first-order valence-electron chi connectivity index (χ1n) is 6.29. The molecule has 110 valence electrons. The molecule has 0 amide bonds. The van der Waals surface area contributed by atoms with E-state index in [1.807, 2.05) is 0 Å². The number of hydrogen-bond acceptors (Lipinski definition) is 4. The molecule has 20 heavy (non-hydrogen) atoms. The van der Waals surface area contributed by atoms with Gasteiger partial charge < -0.3 is 10.2 Å². The molecule has 1 aliphatic heterocycles. The van der Waals surface area contributed by atoms with E-state index in [0.29, 0.717) is 12.8 Å². The lowest BCUT2D eigenvalue weighted by atomic mass is 9.97. The van der Waals surface area contributed by atoms with E-state index in [0.717, 1.165) is 4.31 Å². The second-order valence-corrected chi connectivity index (χ2v) is 7.15. The first-order chi connectivity index (χ1) is 9.24. The molecule has 7 heteroatoms. The van der Waals surface area contributed by atoms with Crippen LogP contribution in [0.3, 0.4) is 0 Å². The summed E-state index contributed by atoms with van der Waals surface area (Å²) >= 11 is 0. The Morgan fingerprint density at radius 3 is 2.60 bits per heavy atom. The first-order valence-corrected chi connectivity index (χ1v) is 7.73. The molecule has 0 saturated carbocycles. The van der Waals surface area contributed by atoms with Crippen LogP contribution in [-0.2, 0) is 10.0 Å². The van der Waals surface area contributed by atoms with Crippen LogP contribution in [0.15, 0.2) is 29.2 Å². The molecule has 0 radical (unpaired) electrons. The van der Waals surface area contributed by atoms with Crippen LogP contribution in [0.25, 0.3) is 0 Å². The van der Waals surface area contributed by atoms with E-state index in [1.165, 1.54) is 24.3 Å². The van der Waals surface area contributed by atoms with Crippen molar-refractivity contribution < 1.29 is 23.4 Å². The number of piperidine rings is 1. The number of carbonyl (C=O) groups is 1. The van der Waals surface area contributed by atoms with Crippen LogP contribution in [0.4, 0.5) is 0 Å². The number of aliphatic hydroxyl groups is 1. The van der Waals surface area contributed by atoms with Crippen LogP contribution in [0.2, 0.25) is 0 Å². The number of carboxylic acids is 1. The van der Waals surface area contributed by atoms with Crippen molar-refractivity contribution in [2.24, 2.45) is 0 Å². The van der Waals surface area contributed by atoms with Gasteiger partial charge in [-0.3, -0.25) is 0 Å². The predicted octanol–water partition coefficient (Wildman–Crippen LogP) is 0.920. The fourth-order valence-corrected chi connectivity index (χ4v) is 4.17. The first kappa shape index (κ1) is 15.0. The van der Waals surface area contributed by atoms with Crippen LogP contribution in [0.1, 0.15) is 30.1 Å². The minimum Gasteiger partial charge on any atom is -0.478 e. The average molecular weight is 299 g/mol. The van der Waals surface area contributed by atoms with E-state index in [-0.39, 0.29) is 23.5 Å². The molecule has 0 spiro atoms. The van der Waals surface area contributed by atoms with Crippen molar-refractivity contribution in [3.05, 3.63) is 29.8 Å². The lowest BCUT2D eigenvalue weighted by molar-refractivity contribution is 0.00939. The number of carboxylic acid groups (broad SMARTS) is 1. The number of nitrogens with zero attached hydrogens (tertiary/aromatic N) is 1. The molecule has 1 unspecified atom stereocenters. The van der Waals surface area contributed by atoms with Crippen LogP contribution >= 0.6 is 0 Å². The van der Waals surface area contributed by atoms with Crippen molar-refractivity contribution in [3.8, 4) is 0 Å². The van der Waals surface area contributed by atoms with E-state index in [1.54, 1.807) is 6.92 Å². The van der Waals surface area contributed by atoms with Gasteiger partial charge in [0, 0.05) is 13.1 Å². The van der Waals surface area contributed by atoms with Crippen molar-refractivity contribution in [3.63, 3.8) is 0 Å². The summed E-state index contributed by atoms with van der Waals surface area (Å²) in [6.45, 7) is 1.84. The molecule has 1 heterocycles. The van der Waals surface area contributed by atoms with Gasteiger partial charge in [-0.15, -0.1) is 0 Å². The van der Waals surface area contributed by atoms with Gasteiger partial charge in [-0.1, -0.05) is 12.1 Å². The summed E-state index contributed by atoms with van der Waals surface area (Å²) in [5.41, 5.74) is -1.33. The Kier molecular flexibility index (Phi) is 3.86. The lowest BCUT2D eigenvalue weighted by Crippen LogP contribution is -2.48. The maximum Gasteiger partial charge on any atom is 0.337 e. The molecule has 0 aliphatic carbocycles. The number of aromatic carboxylic acids is 1. The third-order valence-corrected chi connectivity index (χ3v) is 5.28. The van der Waals surface area contributed by atoms with Crippen LogP contribution < -0.4 is 0 Å². The third-order valence-electron chi connectivity index (χ3n) is 3.38. The topological polar surface area (TPSA) is 94.9 Å². The maximum absolute atomic E-state index is 12.6. The maximum atomic E-state index is 12.6. The van der Waals surface area contributed by atoms with E-state index in [2.05, 4.69) is 0 Å². The minimum absolute atomic E-state index is 0.0245. The Bertz CT molecular complexity index is 623. The Hall–Kier alpha value is -1.44. The monoisotopic (exact) mass is 299 g/mol. The Labute approximate surface area is 117 Å². The fraction of sp³-hybridized carbons (Fsp3) is 0.462. The van der Waals surface area contributed by atoms with Gasteiger partial charge >= 0.3 is 5.97 Å². The smallest absolute Gasteiger partial charge is 0.337 e. The summed E-state index contributed by atoms with van der Waals surface area (Å²) in [5.74, 6) is -1.28. The van der Waals surface area contributed by atoms with Crippen molar-refractivity contribution in [2.75, 3.05) is 13.1 Å². The zero-order valence-corrected chi connectivity index (χ0v) is 11.9. The number of benzene rings is 1. The number of hydrogen-bond donors (Lipinski definition) is 2. The molecule has 1 aliphatic rings. The summed E-state index contributed by atoms with van der Waals surface area (Å²) in [7, 11) is -3.92. The van der Waals surface area contributed by atoms with Crippen molar-refractivity contribution in [1.29, 1.82) is 0 Å². The summed E-state index contributed by atoms with van der Waals surface area (Å²) in [6.07, 6.45) is 1.07. The quantitative estimate of drug-likeness (QED) is 0.865. The fourth-order valence-electron chi connectivity index (χ4n) is 2.39. The minimum atomic E-state index is -3.92. The molecule has 2 rings (SSSR count). The molecule has 0 aromatic heterocycles. The van der Waals surface area contributed by atoms with Gasteiger partial charge in [0.05, 0.1) is 16.1 Å². The van der Waals surface area contributed by atoms with E-state index >= 15 is 0 Å². The van der Waals surface area contributed by atoms with Crippen LogP contribution in [-0.4, -0.2) is 47.6 Å². The van der Waals surface area contributed by atoms with E-state index in [9.17, 15) is 18.3 Å². The zero-order chi connectivity index (χ0) is 15.0. The highest BCUT2D eigenvalue weighted by molar-refractivity contribution is 7.89. The molecule has 0 bridgehead atoms. The Morgan fingerprint density at radius 2 is 2.00 bits per heavy atom. The van der Waals surface area contributed by atoms with Gasteiger partial charge in [-0.2, -0.15) is 4.31 Å². The van der Waals surface area contributed by atoms with Crippen LogP contribution in [0, 0.1) is 0 Å². The highest BCUT2D eigenvalue weighted by Crippen LogP contribution is 2.27. The molecule has 2 N–H and O–H groups in total. The summed E-state index contributed by atoms with van der Waals surface area (Å²) < 4.78 is 26.3. The molecule has 1 fully saturated rings. The molecule has 1 saturated heterocycles.